The van der Waals surface area contributed by atoms with Crippen LogP contribution in [0.2, 0.25) is 0 Å². The maximum absolute atomic E-state index is 3.75. The second-order valence-corrected chi connectivity index (χ2v) is 13.3. The smallest absolute Gasteiger partial charge is 0.0648 e. The zero-order chi connectivity index (χ0) is 22.3. The van der Waals surface area contributed by atoms with Gasteiger partial charge in [0.05, 0.1) is 30.6 Å². The number of H-pyrrole nitrogens is 3. The van der Waals surface area contributed by atoms with Crippen molar-refractivity contribution in [3.05, 3.63) is 34.7 Å². The monoisotopic (exact) mass is 507 g/mol. The minimum Gasteiger partial charge on any atom is -0.359 e. The highest BCUT2D eigenvalue weighted by atomic mass is 32.1. The molecule has 0 amide bonds. The molecule has 13 rings (SSSR count). The summed E-state index contributed by atoms with van der Waals surface area (Å²) in [5, 5.41) is 33.1. The minimum atomic E-state index is 1.31. The molecule has 0 saturated heterocycles. The molecule has 6 heterocycles. The summed E-state index contributed by atoms with van der Waals surface area (Å²) >= 11 is 5.71. The number of aromatic nitrogens is 3. The number of benzene rings is 7. The van der Waals surface area contributed by atoms with Crippen molar-refractivity contribution in [3.63, 3.8) is 0 Å². The Hall–Kier alpha value is -3.84. The van der Waals surface area contributed by atoms with Crippen LogP contribution in [0.4, 0.5) is 0 Å². The Morgan fingerprint density at radius 1 is 0.333 bits per heavy atom. The van der Waals surface area contributed by atoms with Gasteiger partial charge in [-0.15, -0.1) is 34.0 Å². The standard InChI is InChI=1S/C30H9N3S3/c1-7-10-4-34-29-16(10)22-19-13(7)25(31-1)28-17-11(5-35-28)8-2-33-27-15(8)21(23(17)19)24-18-12(6-36-30(18)27)9-3-32-26(29)14(9)20(22)24/h1-6,31-33H. The lowest BCUT2D eigenvalue weighted by Crippen LogP contribution is -1.94. The zero-order valence-electron chi connectivity index (χ0n) is 18.2. The van der Waals surface area contributed by atoms with Crippen molar-refractivity contribution in [1.29, 1.82) is 0 Å². The van der Waals surface area contributed by atoms with E-state index in [0.717, 1.165) is 0 Å². The molecule has 0 bridgehead atoms. The fourth-order valence-corrected chi connectivity index (χ4v) is 11.7. The van der Waals surface area contributed by atoms with Crippen LogP contribution in [0, 0.1) is 0 Å². The van der Waals surface area contributed by atoms with E-state index in [2.05, 4.69) is 49.7 Å². The van der Waals surface area contributed by atoms with Gasteiger partial charge in [0.1, 0.15) is 0 Å². The number of thiophene rings is 3. The minimum absolute atomic E-state index is 1.31. The number of rotatable bonds is 0. The first-order chi connectivity index (χ1) is 17.9. The Morgan fingerprint density at radius 2 is 0.639 bits per heavy atom. The fraction of sp³-hybridized carbons (Fsp3) is 0. The van der Waals surface area contributed by atoms with Crippen LogP contribution in [0.1, 0.15) is 0 Å². The van der Waals surface area contributed by atoms with Gasteiger partial charge >= 0.3 is 0 Å². The molecule has 0 unspecified atom stereocenters. The van der Waals surface area contributed by atoms with Gasteiger partial charge in [-0.3, -0.25) is 0 Å². The third-order valence-corrected chi connectivity index (χ3v) is 12.6. The normalized spacial score (nSPS) is 14.7. The van der Waals surface area contributed by atoms with Crippen LogP contribution in [-0.4, -0.2) is 15.0 Å². The molecule has 162 valence electrons. The summed E-state index contributed by atoms with van der Waals surface area (Å²) < 4.78 is 4.21. The van der Waals surface area contributed by atoms with Gasteiger partial charge in [-0.1, -0.05) is 0 Å². The average molecular weight is 508 g/mol. The van der Waals surface area contributed by atoms with Gasteiger partial charge in [-0.25, -0.2) is 0 Å². The van der Waals surface area contributed by atoms with E-state index in [9.17, 15) is 0 Å². The lowest BCUT2D eigenvalue weighted by molar-refractivity contribution is 1.51. The quantitative estimate of drug-likeness (QED) is 0.135. The highest BCUT2D eigenvalue weighted by Gasteiger charge is 2.33. The molecule has 3 nitrogen and oxygen atoms in total. The first-order valence-corrected chi connectivity index (χ1v) is 14.8. The summed E-state index contributed by atoms with van der Waals surface area (Å²) in [6.07, 6.45) is 6.82. The number of hydrogen-bond donors (Lipinski definition) is 3. The molecule has 36 heavy (non-hydrogen) atoms. The molecule has 0 fully saturated rings. The lowest BCUT2D eigenvalue weighted by atomic mass is 9.79. The van der Waals surface area contributed by atoms with Crippen molar-refractivity contribution < 1.29 is 0 Å². The van der Waals surface area contributed by atoms with E-state index in [1.54, 1.807) is 0 Å². The van der Waals surface area contributed by atoms with Gasteiger partial charge in [-0.05, 0) is 16.1 Å². The van der Waals surface area contributed by atoms with E-state index in [0.29, 0.717) is 0 Å². The van der Waals surface area contributed by atoms with E-state index in [1.807, 2.05) is 34.0 Å². The first kappa shape index (κ1) is 16.0. The molecule has 6 heteroatoms. The second-order valence-electron chi connectivity index (χ2n) is 10.7. The Bertz CT molecular complexity index is 2310. The van der Waals surface area contributed by atoms with Gasteiger partial charge in [0.2, 0.25) is 0 Å². The Morgan fingerprint density at radius 3 is 0.972 bits per heavy atom. The van der Waals surface area contributed by atoms with Gasteiger partial charge in [0.15, 0.2) is 0 Å². The van der Waals surface area contributed by atoms with Crippen LogP contribution in [0.15, 0.2) is 34.7 Å². The SMILES string of the molecule is c1[nH]c2c3scc4c5c[nH]c6c7scc8c9c[nH]c%10c%11scc%12c1c2c1c(c43)c(c56)c(c87)c(c9%10)c1c%12%11. The molecule has 3 N–H and O–H groups in total. The average Bonchev–Trinajstić information content (AvgIpc) is 3.70. The van der Waals surface area contributed by atoms with Crippen molar-refractivity contribution in [2.45, 2.75) is 0 Å². The molecular weight excluding hydrogens is 499 g/mol. The topological polar surface area (TPSA) is 47.4 Å². The van der Waals surface area contributed by atoms with E-state index in [1.165, 1.54) is 128 Å². The molecule has 0 aliphatic heterocycles. The lowest BCUT2D eigenvalue weighted by Gasteiger charge is -2.22. The van der Waals surface area contributed by atoms with E-state index in [-0.39, 0.29) is 0 Å². The summed E-state index contributed by atoms with van der Waals surface area (Å²) in [6.45, 7) is 0. The van der Waals surface area contributed by atoms with Crippen molar-refractivity contribution in [2.75, 3.05) is 0 Å². The highest BCUT2D eigenvalue weighted by molar-refractivity contribution is 7.21. The predicted octanol–water partition coefficient (Wildman–Crippen LogP) is 10.3. The van der Waals surface area contributed by atoms with E-state index >= 15 is 0 Å². The van der Waals surface area contributed by atoms with Crippen molar-refractivity contribution >= 4 is 162 Å². The number of nitrogens with one attached hydrogen (secondary N) is 3. The summed E-state index contributed by atoms with van der Waals surface area (Å²) in [7, 11) is 0. The molecule has 0 aliphatic rings. The van der Waals surface area contributed by atoms with Crippen LogP contribution in [0.25, 0.3) is 128 Å². The maximum atomic E-state index is 3.75. The summed E-state index contributed by atoms with van der Waals surface area (Å²) in [4.78, 5) is 11.2. The Balaban J connectivity index is 1.68. The van der Waals surface area contributed by atoms with E-state index in [4.69, 9.17) is 0 Å². The van der Waals surface area contributed by atoms with Crippen LogP contribution in [-0.2, 0) is 0 Å². The van der Waals surface area contributed by atoms with Crippen LogP contribution >= 0.6 is 34.0 Å². The second kappa shape index (κ2) is 4.41. The first-order valence-electron chi connectivity index (χ1n) is 12.2. The number of hydrogen-bond acceptors (Lipinski definition) is 3. The van der Waals surface area contributed by atoms with Crippen LogP contribution in [0.5, 0.6) is 0 Å². The summed E-state index contributed by atoms with van der Waals surface area (Å²) in [5.74, 6) is 0. The van der Waals surface area contributed by atoms with E-state index < -0.39 is 0 Å². The molecule has 6 aromatic heterocycles. The maximum Gasteiger partial charge on any atom is 0.0648 e. The molecule has 13 aromatic rings. The molecule has 0 spiro atoms. The highest BCUT2D eigenvalue weighted by Crippen LogP contribution is 2.61. The largest absolute Gasteiger partial charge is 0.359 e. The van der Waals surface area contributed by atoms with Gasteiger partial charge in [0.25, 0.3) is 0 Å². The van der Waals surface area contributed by atoms with Crippen molar-refractivity contribution in [1.82, 2.24) is 15.0 Å². The van der Waals surface area contributed by atoms with Crippen LogP contribution < -0.4 is 0 Å². The van der Waals surface area contributed by atoms with Gasteiger partial charge in [0, 0.05) is 116 Å². The molecule has 0 saturated carbocycles. The van der Waals surface area contributed by atoms with Crippen molar-refractivity contribution in [2.24, 2.45) is 0 Å². The Labute approximate surface area is 210 Å². The Kier molecular flexibility index (Phi) is 1.96. The van der Waals surface area contributed by atoms with Crippen LogP contribution in [0.3, 0.4) is 0 Å². The summed E-state index contributed by atoms with van der Waals surface area (Å²) in [6, 6.07) is 0. The van der Waals surface area contributed by atoms with Gasteiger partial charge < -0.3 is 15.0 Å². The number of aromatic amines is 3. The molecule has 7 aromatic carbocycles. The van der Waals surface area contributed by atoms with Crippen molar-refractivity contribution in [3.8, 4) is 0 Å². The zero-order valence-corrected chi connectivity index (χ0v) is 20.6. The molecule has 0 aliphatic carbocycles. The molecule has 0 atom stereocenters. The predicted molar refractivity (Wildman–Crippen MR) is 160 cm³/mol. The molecular formula is C30H9N3S3. The third kappa shape index (κ3) is 1.20. The molecule has 0 radical (unpaired) electrons. The third-order valence-electron chi connectivity index (χ3n) is 9.57. The fourth-order valence-electron chi connectivity index (χ4n) is 8.44. The van der Waals surface area contributed by atoms with Gasteiger partial charge in [-0.2, -0.15) is 0 Å². The number of fused-ring (bicyclic) bond motifs is 6. The summed E-state index contributed by atoms with van der Waals surface area (Å²) in [5.41, 5.74) is 3.94.